The van der Waals surface area contributed by atoms with Gasteiger partial charge in [0.1, 0.15) is 0 Å². The third kappa shape index (κ3) is 3.38. The molecule has 0 aliphatic heterocycles. The van der Waals surface area contributed by atoms with Crippen LogP contribution in [0.1, 0.15) is 10.4 Å². The maximum atomic E-state index is 11.3. The van der Waals surface area contributed by atoms with E-state index in [2.05, 4.69) is 4.72 Å². The summed E-state index contributed by atoms with van der Waals surface area (Å²) >= 11 is 1.55. The van der Waals surface area contributed by atoms with Gasteiger partial charge in [-0.3, -0.25) is 0 Å². The summed E-state index contributed by atoms with van der Waals surface area (Å²) in [5.41, 5.74) is 6.29. The van der Waals surface area contributed by atoms with Crippen LogP contribution in [0.25, 0.3) is 0 Å². The molecule has 0 unspecified atom stereocenters. The zero-order chi connectivity index (χ0) is 10.6. The topological polar surface area (TPSA) is 72.2 Å². The Bertz CT molecular complexity index is 384. The molecular weight excluding hydrogens is 220 g/mol. The van der Waals surface area contributed by atoms with E-state index in [1.54, 1.807) is 11.3 Å². The summed E-state index contributed by atoms with van der Waals surface area (Å²) in [5.74, 6) is -0.0164. The van der Waals surface area contributed by atoms with Gasteiger partial charge in [0.15, 0.2) is 0 Å². The highest BCUT2D eigenvalue weighted by atomic mass is 32.2. The Morgan fingerprint density at radius 1 is 1.57 bits per heavy atom. The second-order valence-electron chi connectivity index (χ2n) is 2.96. The lowest BCUT2D eigenvalue weighted by atomic mass is 10.3. The number of sulfonamides is 1. The van der Waals surface area contributed by atoms with Crippen molar-refractivity contribution in [3.05, 3.63) is 21.9 Å². The van der Waals surface area contributed by atoms with Crippen LogP contribution >= 0.6 is 11.3 Å². The van der Waals surface area contributed by atoms with E-state index < -0.39 is 10.0 Å². The minimum atomic E-state index is -3.19. The summed E-state index contributed by atoms with van der Waals surface area (Å²) in [6, 6.07) is 1.97. The van der Waals surface area contributed by atoms with Crippen molar-refractivity contribution in [3.8, 4) is 0 Å². The van der Waals surface area contributed by atoms with Gasteiger partial charge in [0.05, 0.1) is 5.75 Å². The summed E-state index contributed by atoms with van der Waals surface area (Å²) in [5, 5.41) is 1.95. The van der Waals surface area contributed by atoms with Gasteiger partial charge >= 0.3 is 0 Å². The first-order chi connectivity index (χ1) is 6.55. The minimum absolute atomic E-state index is 0.0164. The summed E-state index contributed by atoms with van der Waals surface area (Å²) < 4.78 is 25.0. The molecule has 1 aromatic rings. The van der Waals surface area contributed by atoms with Crippen LogP contribution in [0.5, 0.6) is 0 Å². The van der Waals surface area contributed by atoms with Crippen LogP contribution in [0.2, 0.25) is 0 Å². The van der Waals surface area contributed by atoms with Crippen LogP contribution in [0.3, 0.4) is 0 Å². The van der Waals surface area contributed by atoms with Gasteiger partial charge in [0, 0.05) is 18.0 Å². The lowest BCUT2D eigenvalue weighted by Crippen LogP contribution is -2.29. The number of hydrogen-bond acceptors (Lipinski definition) is 4. The standard InChI is InChI=1S/C8H14N2O2S2/c1-7-2-4-13-8(7)6-10-14(11,12)5-3-9/h2,4,10H,3,5-6,9H2,1H3. The first-order valence-electron chi connectivity index (χ1n) is 4.25. The summed E-state index contributed by atoms with van der Waals surface area (Å²) in [6.07, 6.45) is 0. The quantitative estimate of drug-likeness (QED) is 0.776. The van der Waals surface area contributed by atoms with Crippen molar-refractivity contribution in [2.45, 2.75) is 13.5 Å². The maximum Gasteiger partial charge on any atom is 0.213 e. The molecule has 4 nitrogen and oxygen atoms in total. The number of rotatable bonds is 5. The third-order valence-electron chi connectivity index (χ3n) is 1.81. The molecule has 0 radical (unpaired) electrons. The molecule has 0 aromatic carbocycles. The molecule has 0 aliphatic carbocycles. The van der Waals surface area contributed by atoms with Crippen molar-refractivity contribution in [2.75, 3.05) is 12.3 Å². The Morgan fingerprint density at radius 2 is 2.29 bits per heavy atom. The molecule has 0 amide bonds. The Hall–Kier alpha value is -0.430. The average Bonchev–Trinajstić information content (AvgIpc) is 2.48. The Labute approximate surface area is 88.2 Å². The van der Waals surface area contributed by atoms with Gasteiger partial charge in [-0.15, -0.1) is 11.3 Å². The van der Waals surface area contributed by atoms with Gasteiger partial charge in [0.2, 0.25) is 10.0 Å². The van der Waals surface area contributed by atoms with E-state index in [1.165, 1.54) is 0 Å². The van der Waals surface area contributed by atoms with E-state index >= 15 is 0 Å². The van der Waals surface area contributed by atoms with Crippen LogP contribution in [-0.4, -0.2) is 20.7 Å². The molecule has 0 bridgehead atoms. The maximum absolute atomic E-state index is 11.3. The second-order valence-corrected chi connectivity index (χ2v) is 5.88. The number of nitrogens with one attached hydrogen (secondary N) is 1. The van der Waals surface area contributed by atoms with Crippen molar-refractivity contribution in [1.82, 2.24) is 4.72 Å². The predicted octanol–water partition coefficient (Wildman–Crippen LogP) is 0.435. The van der Waals surface area contributed by atoms with Gasteiger partial charge in [0.25, 0.3) is 0 Å². The van der Waals surface area contributed by atoms with Crippen LogP contribution in [0.15, 0.2) is 11.4 Å². The normalized spacial score (nSPS) is 11.9. The first-order valence-corrected chi connectivity index (χ1v) is 6.79. The van der Waals surface area contributed by atoms with Crippen LogP contribution in [0, 0.1) is 6.92 Å². The first kappa shape index (κ1) is 11.6. The molecule has 0 aliphatic rings. The summed E-state index contributed by atoms with van der Waals surface area (Å²) in [7, 11) is -3.19. The zero-order valence-corrected chi connectivity index (χ0v) is 9.62. The van der Waals surface area contributed by atoms with E-state index in [0.717, 1.165) is 10.4 Å². The van der Waals surface area contributed by atoms with Crippen molar-refractivity contribution in [3.63, 3.8) is 0 Å². The van der Waals surface area contributed by atoms with E-state index in [4.69, 9.17) is 5.73 Å². The fraction of sp³-hybridized carbons (Fsp3) is 0.500. The zero-order valence-electron chi connectivity index (χ0n) is 7.99. The van der Waals surface area contributed by atoms with Crippen molar-refractivity contribution in [1.29, 1.82) is 0 Å². The fourth-order valence-electron chi connectivity index (χ4n) is 0.988. The highest BCUT2D eigenvalue weighted by Gasteiger charge is 2.09. The monoisotopic (exact) mass is 234 g/mol. The lowest BCUT2D eigenvalue weighted by molar-refractivity contribution is 0.581. The Morgan fingerprint density at radius 3 is 2.79 bits per heavy atom. The van der Waals surface area contributed by atoms with E-state index in [1.807, 2.05) is 18.4 Å². The molecule has 1 rings (SSSR count). The number of nitrogens with two attached hydrogens (primary N) is 1. The molecule has 1 heterocycles. The predicted molar refractivity (Wildman–Crippen MR) is 58.7 cm³/mol. The largest absolute Gasteiger partial charge is 0.329 e. The van der Waals surface area contributed by atoms with Crippen molar-refractivity contribution >= 4 is 21.4 Å². The van der Waals surface area contributed by atoms with Crippen LogP contribution < -0.4 is 10.5 Å². The van der Waals surface area contributed by atoms with Gasteiger partial charge in [-0.05, 0) is 23.9 Å². The molecule has 80 valence electrons. The van der Waals surface area contributed by atoms with Gasteiger partial charge in [-0.25, -0.2) is 13.1 Å². The molecule has 0 atom stereocenters. The van der Waals surface area contributed by atoms with Gasteiger partial charge in [-0.2, -0.15) is 0 Å². The highest BCUT2D eigenvalue weighted by Crippen LogP contribution is 2.14. The molecule has 0 saturated carbocycles. The Balaban J connectivity index is 2.53. The summed E-state index contributed by atoms with van der Waals surface area (Å²) in [4.78, 5) is 1.05. The van der Waals surface area contributed by atoms with Gasteiger partial charge in [-0.1, -0.05) is 0 Å². The highest BCUT2D eigenvalue weighted by molar-refractivity contribution is 7.89. The number of thiophene rings is 1. The second kappa shape index (κ2) is 4.88. The number of hydrogen-bond donors (Lipinski definition) is 2. The van der Waals surface area contributed by atoms with Crippen LogP contribution in [-0.2, 0) is 16.6 Å². The SMILES string of the molecule is Cc1ccsc1CNS(=O)(=O)CCN. The van der Waals surface area contributed by atoms with Crippen molar-refractivity contribution in [2.24, 2.45) is 5.73 Å². The average molecular weight is 234 g/mol. The smallest absolute Gasteiger partial charge is 0.213 e. The molecule has 1 aromatic heterocycles. The van der Waals surface area contributed by atoms with Crippen LogP contribution in [0.4, 0.5) is 0 Å². The molecular formula is C8H14N2O2S2. The lowest BCUT2D eigenvalue weighted by Gasteiger charge is -2.04. The molecule has 0 saturated heterocycles. The van der Waals surface area contributed by atoms with E-state index in [-0.39, 0.29) is 12.3 Å². The van der Waals surface area contributed by atoms with Crippen molar-refractivity contribution < 1.29 is 8.42 Å². The van der Waals surface area contributed by atoms with E-state index in [9.17, 15) is 8.42 Å². The fourth-order valence-corrected chi connectivity index (χ4v) is 2.74. The summed E-state index contributed by atoms with van der Waals surface area (Å²) in [6.45, 7) is 2.48. The van der Waals surface area contributed by atoms with Gasteiger partial charge < -0.3 is 5.73 Å². The Kier molecular flexibility index (Phi) is 4.06. The molecule has 6 heteroatoms. The van der Waals surface area contributed by atoms with E-state index in [0.29, 0.717) is 6.54 Å². The molecule has 0 spiro atoms. The number of aryl methyl sites for hydroxylation is 1. The third-order valence-corrected chi connectivity index (χ3v) is 4.19. The molecule has 14 heavy (non-hydrogen) atoms. The molecule has 3 N–H and O–H groups in total. The minimum Gasteiger partial charge on any atom is -0.329 e. The molecule has 0 fully saturated rings.